The zero-order valence-electron chi connectivity index (χ0n) is 15.8. The Kier molecular flexibility index (Phi) is 6.84. The Labute approximate surface area is 179 Å². The predicted molar refractivity (Wildman–Crippen MR) is 117 cm³/mol. The van der Waals surface area contributed by atoms with Crippen LogP contribution in [0.5, 0.6) is 0 Å². The van der Waals surface area contributed by atoms with Crippen LogP contribution in [0.2, 0.25) is 0 Å². The van der Waals surface area contributed by atoms with Crippen molar-refractivity contribution in [2.75, 3.05) is 13.6 Å². The molecular weight excluding hydrogens is 452 g/mol. The molecule has 3 aromatic rings. The number of hydrogen-bond acceptors (Lipinski definition) is 3. The van der Waals surface area contributed by atoms with E-state index < -0.39 is 10.0 Å². The molecule has 7 heteroatoms. The molecule has 29 heavy (non-hydrogen) atoms. The summed E-state index contributed by atoms with van der Waals surface area (Å²) in [6.07, 6.45) is 0. The number of benzene rings is 3. The van der Waals surface area contributed by atoms with Crippen LogP contribution in [0.15, 0.2) is 94.3 Å². The monoisotopic (exact) mass is 472 g/mol. The van der Waals surface area contributed by atoms with Gasteiger partial charge in [-0.05, 0) is 35.4 Å². The number of likely N-dealkylation sites (N-methyl/N-ethyl adjacent to an activating group) is 1. The lowest BCUT2D eigenvalue weighted by Gasteiger charge is -2.22. The molecule has 5 nitrogen and oxygen atoms in total. The van der Waals surface area contributed by atoms with Gasteiger partial charge in [-0.1, -0.05) is 76.6 Å². The van der Waals surface area contributed by atoms with Gasteiger partial charge in [0.25, 0.3) is 0 Å². The fourth-order valence-electron chi connectivity index (χ4n) is 2.93. The Bertz CT molecular complexity index is 1060. The van der Waals surface area contributed by atoms with E-state index in [0.717, 1.165) is 19.9 Å². The first-order valence-electron chi connectivity index (χ1n) is 8.99. The quantitative estimate of drug-likeness (QED) is 0.565. The van der Waals surface area contributed by atoms with Crippen LogP contribution in [0.4, 0.5) is 0 Å². The number of amides is 1. The number of carbonyl (C=O) groups excluding carboxylic acids is 1. The molecule has 0 saturated carbocycles. The van der Waals surface area contributed by atoms with Crippen molar-refractivity contribution in [1.29, 1.82) is 0 Å². The first-order chi connectivity index (χ1) is 13.9. The summed E-state index contributed by atoms with van der Waals surface area (Å²) in [4.78, 5) is 12.9. The topological polar surface area (TPSA) is 66.5 Å². The molecule has 0 unspecified atom stereocenters. The first kappa shape index (κ1) is 21.2. The van der Waals surface area contributed by atoms with E-state index in [1.807, 2.05) is 54.6 Å². The van der Waals surface area contributed by atoms with Gasteiger partial charge in [0.05, 0.1) is 17.5 Å². The summed E-state index contributed by atoms with van der Waals surface area (Å²) in [6.45, 7) is -0.281. The molecule has 150 valence electrons. The molecule has 0 spiro atoms. The third-order valence-corrected chi connectivity index (χ3v) is 6.81. The molecule has 1 N–H and O–H groups in total. The lowest BCUT2D eigenvalue weighted by atomic mass is 9.99. The zero-order chi connectivity index (χ0) is 20.9. The number of nitrogens with one attached hydrogen (secondary N) is 1. The highest BCUT2D eigenvalue weighted by atomic mass is 79.9. The molecule has 0 bridgehead atoms. The Hall–Kier alpha value is -2.48. The van der Waals surface area contributed by atoms with E-state index in [-0.39, 0.29) is 23.4 Å². The van der Waals surface area contributed by atoms with Crippen molar-refractivity contribution in [3.63, 3.8) is 0 Å². The molecular formula is C22H21BrN2O3S. The number of halogens is 1. The van der Waals surface area contributed by atoms with Gasteiger partial charge >= 0.3 is 0 Å². The summed E-state index contributed by atoms with van der Waals surface area (Å²) in [6, 6.07) is 24.9. The van der Waals surface area contributed by atoms with Gasteiger partial charge in [-0.25, -0.2) is 8.42 Å². The highest BCUT2D eigenvalue weighted by Gasteiger charge is 2.24. The second-order valence-electron chi connectivity index (χ2n) is 6.54. The summed E-state index contributed by atoms with van der Waals surface area (Å²) in [5.74, 6) is -0.385. The van der Waals surface area contributed by atoms with Crippen LogP contribution in [0.25, 0.3) is 0 Å². The lowest BCUT2D eigenvalue weighted by Crippen LogP contribution is -2.40. The molecule has 3 aromatic carbocycles. The Morgan fingerprint density at radius 3 is 2.00 bits per heavy atom. The van der Waals surface area contributed by atoms with Crippen LogP contribution in [0.1, 0.15) is 17.2 Å². The summed E-state index contributed by atoms with van der Waals surface area (Å²) in [5, 5.41) is 2.96. The van der Waals surface area contributed by atoms with Crippen LogP contribution in [0.3, 0.4) is 0 Å². The summed E-state index contributed by atoms with van der Waals surface area (Å²) >= 11 is 3.42. The maximum atomic E-state index is 12.7. The van der Waals surface area contributed by atoms with Gasteiger partial charge in [-0.2, -0.15) is 4.31 Å². The Balaban J connectivity index is 1.79. The van der Waals surface area contributed by atoms with Crippen LogP contribution in [0, 0.1) is 0 Å². The summed E-state index contributed by atoms with van der Waals surface area (Å²) in [5.41, 5.74) is 1.82. The third-order valence-electron chi connectivity index (χ3n) is 4.46. The van der Waals surface area contributed by atoms with Crippen molar-refractivity contribution >= 4 is 31.9 Å². The van der Waals surface area contributed by atoms with Crippen molar-refractivity contribution in [2.45, 2.75) is 10.9 Å². The minimum atomic E-state index is -3.74. The number of carbonyl (C=O) groups is 1. The molecule has 0 aromatic heterocycles. The van der Waals surface area contributed by atoms with Crippen LogP contribution in [-0.4, -0.2) is 32.2 Å². The second kappa shape index (κ2) is 9.35. The van der Waals surface area contributed by atoms with E-state index >= 15 is 0 Å². The average Bonchev–Trinajstić information content (AvgIpc) is 2.74. The molecule has 0 aliphatic carbocycles. The molecule has 1 atom stereocenters. The van der Waals surface area contributed by atoms with E-state index in [2.05, 4.69) is 21.2 Å². The molecule has 0 aliphatic rings. The number of nitrogens with zero attached hydrogens (tertiary/aromatic N) is 1. The number of sulfonamides is 1. The molecule has 3 rings (SSSR count). The maximum Gasteiger partial charge on any atom is 0.243 e. The number of rotatable bonds is 7. The highest BCUT2D eigenvalue weighted by Crippen LogP contribution is 2.24. The maximum absolute atomic E-state index is 12.7. The van der Waals surface area contributed by atoms with E-state index in [0.29, 0.717) is 0 Å². The van der Waals surface area contributed by atoms with Crippen LogP contribution in [-0.2, 0) is 14.8 Å². The lowest BCUT2D eigenvalue weighted by molar-refractivity contribution is -0.121. The minimum Gasteiger partial charge on any atom is -0.344 e. The van der Waals surface area contributed by atoms with Crippen molar-refractivity contribution < 1.29 is 13.2 Å². The number of hydrogen-bond donors (Lipinski definition) is 1. The highest BCUT2D eigenvalue weighted by molar-refractivity contribution is 9.10. The van der Waals surface area contributed by atoms with Gasteiger partial charge in [-0.15, -0.1) is 0 Å². The fraction of sp³-hybridized carbons (Fsp3) is 0.136. The van der Waals surface area contributed by atoms with Crippen LogP contribution < -0.4 is 5.32 Å². The minimum absolute atomic E-state index is 0.155. The van der Waals surface area contributed by atoms with Gasteiger partial charge in [0, 0.05) is 11.5 Å². The molecule has 0 aliphatic heterocycles. The molecule has 0 heterocycles. The summed E-state index contributed by atoms with van der Waals surface area (Å²) in [7, 11) is -2.34. The SMILES string of the molecule is CN(CC(=O)N[C@H](c1ccccc1)c1ccc(Br)cc1)S(=O)(=O)c1ccccc1. The second-order valence-corrected chi connectivity index (χ2v) is 9.50. The average molecular weight is 473 g/mol. The van der Waals surface area contributed by atoms with Crippen LogP contribution >= 0.6 is 15.9 Å². The van der Waals surface area contributed by atoms with Gasteiger partial charge in [-0.3, -0.25) is 4.79 Å². The van der Waals surface area contributed by atoms with E-state index in [1.54, 1.807) is 18.2 Å². The molecule has 0 fully saturated rings. The fourth-order valence-corrected chi connectivity index (χ4v) is 4.34. The van der Waals surface area contributed by atoms with E-state index in [9.17, 15) is 13.2 Å². The van der Waals surface area contributed by atoms with Gasteiger partial charge < -0.3 is 5.32 Å². The molecule has 0 saturated heterocycles. The standard InChI is InChI=1S/C22H21BrN2O3S/c1-25(29(27,28)20-10-6-3-7-11-20)16-21(26)24-22(17-8-4-2-5-9-17)18-12-14-19(23)15-13-18/h2-15,22H,16H2,1H3,(H,24,26)/t22-/m1/s1. The Morgan fingerprint density at radius 1 is 0.897 bits per heavy atom. The van der Waals surface area contributed by atoms with Gasteiger partial charge in [0.1, 0.15) is 0 Å². The van der Waals surface area contributed by atoms with E-state index in [1.165, 1.54) is 19.2 Å². The van der Waals surface area contributed by atoms with Crippen molar-refractivity contribution in [3.8, 4) is 0 Å². The van der Waals surface area contributed by atoms with Crippen molar-refractivity contribution in [1.82, 2.24) is 9.62 Å². The normalized spacial score (nSPS) is 12.5. The Morgan fingerprint density at radius 2 is 1.41 bits per heavy atom. The largest absolute Gasteiger partial charge is 0.344 e. The van der Waals surface area contributed by atoms with Crippen molar-refractivity contribution in [2.24, 2.45) is 0 Å². The zero-order valence-corrected chi connectivity index (χ0v) is 18.2. The predicted octanol–water partition coefficient (Wildman–Crippen LogP) is 3.98. The summed E-state index contributed by atoms with van der Waals surface area (Å²) < 4.78 is 27.3. The van der Waals surface area contributed by atoms with Gasteiger partial charge in [0.15, 0.2) is 0 Å². The van der Waals surface area contributed by atoms with Gasteiger partial charge in [0.2, 0.25) is 15.9 Å². The molecule has 1 amide bonds. The smallest absolute Gasteiger partial charge is 0.243 e. The van der Waals surface area contributed by atoms with E-state index in [4.69, 9.17) is 0 Å². The third kappa shape index (κ3) is 5.32. The molecule has 0 radical (unpaired) electrons. The van der Waals surface area contributed by atoms with Crippen molar-refractivity contribution in [3.05, 3.63) is 101 Å². The first-order valence-corrected chi connectivity index (χ1v) is 11.2.